The number of hydrogen-bond donors (Lipinski definition) is 1. The largest absolute Gasteiger partial charge is 0.379 e. The van der Waals surface area contributed by atoms with Gasteiger partial charge < -0.3 is 4.74 Å². The van der Waals surface area contributed by atoms with Gasteiger partial charge in [0.05, 0.1) is 13.2 Å². The summed E-state index contributed by atoms with van der Waals surface area (Å²) in [5.74, 6) is 0. The molecule has 0 amide bonds. The third-order valence-electron chi connectivity index (χ3n) is 2.75. The van der Waals surface area contributed by atoms with Gasteiger partial charge in [-0.1, -0.05) is 0 Å². The summed E-state index contributed by atoms with van der Waals surface area (Å²) in [5, 5.41) is 0. The first-order valence-electron chi connectivity index (χ1n) is 5.23. The van der Waals surface area contributed by atoms with Crippen LogP contribution < -0.4 is 4.72 Å². The van der Waals surface area contributed by atoms with E-state index in [4.69, 9.17) is 4.74 Å². The Balaban J connectivity index is 1.77. The van der Waals surface area contributed by atoms with Crippen LogP contribution >= 0.6 is 0 Å². The highest BCUT2D eigenvalue weighted by molar-refractivity contribution is 7.87. The molecule has 0 radical (unpaired) electrons. The van der Waals surface area contributed by atoms with Crippen molar-refractivity contribution in [3.63, 3.8) is 0 Å². The fourth-order valence-corrected chi connectivity index (χ4v) is 3.01. The van der Waals surface area contributed by atoms with Gasteiger partial charge in [0.25, 0.3) is 10.2 Å². The van der Waals surface area contributed by atoms with Crippen molar-refractivity contribution in [2.45, 2.75) is 0 Å². The summed E-state index contributed by atoms with van der Waals surface area (Å²) in [6, 6.07) is 0. The van der Waals surface area contributed by atoms with Crippen molar-refractivity contribution < 1.29 is 13.2 Å². The van der Waals surface area contributed by atoms with Gasteiger partial charge in [0.15, 0.2) is 0 Å². The van der Waals surface area contributed by atoms with Gasteiger partial charge in [0.2, 0.25) is 0 Å². The zero-order valence-electron chi connectivity index (χ0n) is 8.68. The molecular weight excluding hydrogens is 218 g/mol. The van der Waals surface area contributed by atoms with Crippen LogP contribution in [0.5, 0.6) is 0 Å². The normalized spacial score (nSPS) is 28.3. The molecule has 2 aliphatic heterocycles. The summed E-state index contributed by atoms with van der Waals surface area (Å²) >= 11 is 0. The first kappa shape index (κ1) is 11.3. The molecule has 1 N–H and O–H groups in total. The number of morpholine rings is 1. The lowest BCUT2D eigenvalue weighted by atomic mass is 10.4. The van der Waals surface area contributed by atoms with Crippen LogP contribution in [0.25, 0.3) is 0 Å². The lowest BCUT2D eigenvalue weighted by molar-refractivity contribution is 0.0365. The van der Waals surface area contributed by atoms with Gasteiger partial charge in [0.1, 0.15) is 0 Å². The minimum Gasteiger partial charge on any atom is -0.379 e. The van der Waals surface area contributed by atoms with Crippen LogP contribution in [0.15, 0.2) is 0 Å². The maximum atomic E-state index is 11.4. The van der Waals surface area contributed by atoms with Gasteiger partial charge in [0, 0.05) is 39.3 Å². The molecule has 2 aliphatic rings. The predicted octanol–water partition coefficient (Wildman–Crippen LogP) is -1.53. The van der Waals surface area contributed by atoms with Crippen LogP contribution in [0.4, 0.5) is 0 Å². The zero-order valence-corrected chi connectivity index (χ0v) is 9.50. The molecule has 2 rings (SSSR count). The smallest absolute Gasteiger partial charge is 0.279 e. The van der Waals surface area contributed by atoms with E-state index >= 15 is 0 Å². The molecule has 0 spiro atoms. The molecule has 2 fully saturated rings. The molecule has 0 aliphatic carbocycles. The number of nitrogens with zero attached hydrogens (tertiary/aromatic N) is 2. The molecule has 15 heavy (non-hydrogen) atoms. The second kappa shape index (κ2) is 4.75. The van der Waals surface area contributed by atoms with Crippen LogP contribution in [-0.4, -0.2) is 70.1 Å². The van der Waals surface area contributed by atoms with E-state index in [1.807, 2.05) is 0 Å². The Morgan fingerprint density at radius 1 is 1.13 bits per heavy atom. The molecule has 0 aromatic heterocycles. The van der Waals surface area contributed by atoms with Crippen LogP contribution in [0.1, 0.15) is 0 Å². The molecule has 6 nitrogen and oxygen atoms in total. The summed E-state index contributed by atoms with van der Waals surface area (Å²) in [6.07, 6.45) is 0. The zero-order chi connectivity index (χ0) is 10.7. The van der Waals surface area contributed by atoms with E-state index in [-0.39, 0.29) is 0 Å². The van der Waals surface area contributed by atoms with Gasteiger partial charge >= 0.3 is 0 Å². The molecular formula is C8H17N3O3S. The van der Waals surface area contributed by atoms with E-state index in [1.165, 1.54) is 4.31 Å². The third-order valence-corrected chi connectivity index (χ3v) is 4.37. The molecule has 88 valence electrons. The monoisotopic (exact) mass is 235 g/mol. The van der Waals surface area contributed by atoms with Crippen molar-refractivity contribution in [2.24, 2.45) is 0 Å². The Labute approximate surface area is 90.4 Å². The van der Waals surface area contributed by atoms with Crippen molar-refractivity contribution in [3.05, 3.63) is 0 Å². The highest BCUT2D eigenvalue weighted by atomic mass is 32.2. The van der Waals surface area contributed by atoms with Gasteiger partial charge in [-0.25, -0.2) is 4.72 Å². The highest BCUT2D eigenvalue weighted by Crippen LogP contribution is 2.05. The minimum absolute atomic E-state index is 0.533. The van der Waals surface area contributed by atoms with Crippen molar-refractivity contribution >= 4 is 10.2 Å². The summed E-state index contributed by atoms with van der Waals surface area (Å²) < 4.78 is 32.0. The average molecular weight is 235 g/mol. The number of hydrogen-bond acceptors (Lipinski definition) is 4. The quantitative estimate of drug-likeness (QED) is 0.644. The van der Waals surface area contributed by atoms with Crippen LogP contribution in [0, 0.1) is 0 Å². The van der Waals surface area contributed by atoms with E-state index in [0.717, 1.165) is 32.8 Å². The van der Waals surface area contributed by atoms with Crippen LogP contribution in [0.3, 0.4) is 0 Å². The van der Waals surface area contributed by atoms with Crippen LogP contribution in [0.2, 0.25) is 0 Å². The van der Waals surface area contributed by atoms with Crippen LogP contribution in [-0.2, 0) is 14.9 Å². The van der Waals surface area contributed by atoms with Gasteiger partial charge in [-0.05, 0) is 0 Å². The van der Waals surface area contributed by atoms with Crippen molar-refractivity contribution in [1.82, 2.24) is 13.9 Å². The minimum atomic E-state index is -3.16. The number of rotatable bonds is 3. The average Bonchev–Trinajstić information content (AvgIpc) is 2.56. The first-order chi connectivity index (χ1) is 7.18. The van der Waals surface area contributed by atoms with Crippen molar-refractivity contribution in [1.29, 1.82) is 0 Å². The second-order valence-corrected chi connectivity index (χ2v) is 5.51. The topological polar surface area (TPSA) is 61.9 Å². The molecule has 0 bridgehead atoms. The summed E-state index contributed by atoms with van der Waals surface area (Å²) in [5.41, 5.74) is 0. The molecule has 0 unspecified atom stereocenters. The van der Waals surface area contributed by atoms with E-state index in [2.05, 4.69) is 9.62 Å². The van der Waals surface area contributed by atoms with E-state index in [9.17, 15) is 8.42 Å². The summed E-state index contributed by atoms with van der Waals surface area (Å²) in [7, 11) is -3.16. The molecule has 7 heteroatoms. The molecule has 2 saturated heterocycles. The highest BCUT2D eigenvalue weighted by Gasteiger charge is 2.27. The maximum Gasteiger partial charge on any atom is 0.279 e. The molecule has 0 aromatic carbocycles. The Kier molecular flexibility index (Phi) is 3.57. The lowest BCUT2D eigenvalue weighted by Gasteiger charge is -2.27. The summed E-state index contributed by atoms with van der Waals surface area (Å²) in [6.45, 7) is 5.82. The standard InChI is InChI=1S/C8H17N3O3S/c12-15(13)9-1-2-11(15)4-3-10-5-7-14-8-6-10/h9H,1-8H2. The maximum absolute atomic E-state index is 11.4. The molecule has 0 aromatic rings. The third kappa shape index (κ3) is 2.88. The SMILES string of the molecule is O=S1(=O)NCCN1CCN1CCOCC1. The van der Waals surface area contributed by atoms with Gasteiger partial charge in [-0.2, -0.15) is 12.7 Å². The van der Waals surface area contributed by atoms with E-state index < -0.39 is 10.2 Å². The summed E-state index contributed by atoms with van der Waals surface area (Å²) in [4.78, 5) is 2.23. The number of ether oxygens (including phenoxy) is 1. The Bertz CT molecular complexity index is 300. The molecule has 0 saturated carbocycles. The Morgan fingerprint density at radius 2 is 1.87 bits per heavy atom. The Hall–Kier alpha value is -0.210. The molecule has 2 heterocycles. The fourth-order valence-electron chi connectivity index (χ4n) is 1.82. The van der Waals surface area contributed by atoms with Gasteiger partial charge in [-0.15, -0.1) is 0 Å². The predicted molar refractivity (Wildman–Crippen MR) is 55.8 cm³/mol. The lowest BCUT2D eigenvalue weighted by Crippen LogP contribution is -2.42. The fraction of sp³-hybridized carbons (Fsp3) is 1.00. The van der Waals surface area contributed by atoms with Gasteiger partial charge in [-0.3, -0.25) is 4.90 Å². The van der Waals surface area contributed by atoms with Crippen molar-refractivity contribution in [3.8, 4) is 0 Å². The molecule has 0 atom stereocenters. The van der Waals surface area contributed by atoms with E-state index in [1.54, 1.807) is 0 Å². The van der Waals surface area contributed by atoms with Crippen molar-refractivity contribution in [2.75, 3.05) is 52.5 Å². The van der Waals surface area contributed by atoms with E-state index in [0.29, 0.717) is 19.6 Å². The Morgan fingerprint density at radius 3 is 2.47 bits per heavy atom. The second-order valence-electron chi connectivity index (χ2n) is 3.75. The number of nitrogens with one attached hydrogen (secondary N) is 1. The first-order valence-corrected chi connectivity index (χ1v) is 6.67.